The number of hydrogen-bond donors (Lipinski definition) is 1. The van der Waals surface area contributed by atoms with Crippen molar-refractivity contribution in [2.75, 3.05) is 5.32 Å². The van der Waals surface area contributed by atoms with E-state index in [-0.39, 0.29) is 11.6 Å². The fourth-order valence-corrected chi connectivity index (χ4v) is 5.45. The van der Waals surface area contributed by atoms with Crippen molar-refractivity contribution in [3.05, 3.63) is 132 Å². The van der Waals surface area contributed by atoms with E-state index in [0.29, 0.717) is 21.7 Å². The van der Waals surface area contributed by atoms with Gasteiger partial charge in [0.2, 0.25) is 0 Å². The first-order valence-corrected chi connectivity index (χ1v) is 12.2. The van der Waals surface area contributed by atoms with Gasteiger partial charge in [-0.2, -0.15) is 0 Å². The van der Waals surface area contributed by atoms with Gasteiger partial charge in [0.05, 0.1) is 16.3 Å². The van der Waals surface area contributed by atoms with Crippen LogP contribution in [0.25, 0.3) is 22.3 Å². The van der Waals surface area contributed by atoms with E-state index in [2.05, 4.69) is 5.32 Å². The van der Waals surface area contributed by atoms with Gasteiger partial charge in [0.1, 0.15) is 5.82 Å². The number of anilines is 2. The van der Waals surface area contributed by atoms with Gasteiger partial charge < -0.3 is 5.32 Å². The zero-order valence-electron chi connectivity index (χ0n) is 18.7. The summed E-state index contributed by atoms with van der Waals surface area (Å²) in [7, 11) is 0. The van der Waals surface area contributed by atoms with Crippen molar-refractivity contribution in [2.24, 2.45) is 0 Å². The Balaban J connectivity index is 1.40. The fourth-order valence-electron chi connectivity index (χ4n) is 4.43. The molecule has 4 heteroatoms. The Morgan fingerprint density at radius 3 is 2.17 bits per heavy atom. The molecule has 5 aromatic rings. The number of carbonyl (C=O) groups excluding carboxylic acids is 1. The highest BCUT2D eigenvalue weighted by molar-refractivity contribution is 7.99. The van der Waals surface area contributed by atoms with Gasteiger partial charge >= 0.3 is 0 Å². The second-order valence-corrected chi connectivity index (χ2v) is 9.39. The summed E-state index contributed by atoms with van der Waals surface area (Å²) in [5.74, 6) is -0.349. The largest absolute Gasteiger partial charge is 0.353 e. The van der Waals surface area contributed by atoms with Gasteiger partial charge in [-0.3, -0.25) is 4.79 Å². The van der Waals surface area contributed by atoms with Crippen LogP contribution in [0.4, 0.5) is 15.8 Å². The van der Waals surface area contributed by atoms with Crippen LogP contribution in [-0.4, -0.2) is 5.78 Å². The molecule has 5 aromatic carbocycles. The van der Waals surface area contributed by atoms with Crippen LogP contribution in [0.2, 0.25) is 0 Å². The van der Waals surface area contributed by atoms with Gasteiger partial charge in [-0.25, -0.2) is 4.39 Å². The lowest BCUT2D eigenvalue weighted by molar-refractivity contribution is 0.103. The topological polar surface area (TPSA) is 29.1 Å². The van der Waals surface area contributed by atoms with Crippen LogP contribution in [0.1, 0.15) is 15.9 Å². The lowest BCUT2D eigenvalue weighted by atomic mass is 9.92. The first-order chi connectivity index (χ1) is 17.2. The number of hydrogen-bond acceptors (Lipinski definition) is 3. The zero-order chi connectivity index (χ0) is 23.8. The number of carbonyl (C=O) groups is 1. The van der Waals surface area contributed by atoms with Crippen LogP contribution < -0.4 is 5.32 Å². The van der Waals surface area contributed by atoms with Crippen molar-refractivity contribution < 1.29 is 9.18 Å². The summed E-state index contributed by atoms with van der Waals surface area (Å²) in [5.41, 5.74) is 6.55. The SMILES string of the molecule is O=C(c1ccc(-c2ccccc2)cc1)c1ccccc1-c1ccc(F)c2c1Nc1ccccc1S2. The highest BCUT2D eigenvalue weighted by atomic mass is 32.2. The van der Waals surface area contributed by atoms with Crippen molar-refractivity contribution in [3.63, 3.8) is 0 Å². The van der Waals surface area contributed by atoms with Crippen molar-refractivity contribution >= 4 is 28.9 Å². The molecule has 1 heterocycles. The quantitative estimate of drug-likeness (QED) is 0.260. The number of benzene rings is 5. The van der Waals surface area contributed by atoms with E-state index in [1.165, 1.54) is 17.8 Å². The molecule has 0 unspecified atom stereocenters. The van der Waals surface area contributed by atoms with Crippen molar-refractivity contribution in [1.29, 1.82) is 0 Å². The normalized spacial score (nSPS) is 11.8. The third-order valence-corrected chi connectivity index (χ3v) is 7.36. The minimum atomic E-state index is -0.281. The van der Waals surface area contributed by atoms with Gasteiger partial charge in [0.25, 0.3) is 0 Å². The van der Waals surface area contributed by atoms with E-state index in [9.17, 15) is 9.18 Å². The molecule has 2 nitrogen and oxygen atoms in total. The molecule has 0 spiro atoms. The predicted octanol–water partition coefficient (Wildman–Crippen LogP) is 8.60. The van der Waals surface area contributed by atoms with Gasteiger partial charge in [0, 0.05) is 21.6 Å². The lowest BCUT2D eigenvalue weighted by Gasteiger charge is -2.24. The maximum Gasteiger partial charge on any atom is 0.193 e. The molecular formula is C31H20FNOS. The van der Waals surface area contributed by atoms with Crippen molar-refractivity contribution in [3.8, 4) is 22.3 Å². The third kappa shape index (κ3) is 3.92. The van der Waals surface area contributed by atoms with Gasteiger partial charge in [-0.1, -0.05) is 103 Å². The second kappa shape index (κ2) is 8.90. The van der Waals surface area contributed by atoms with E-state index in [0.717, 1.165) is 32.8 Å². The molecule has 0 radical (unpaired) electrons. The molecule has 6 rings (SSSR count). The number of nitrogens with one attached hydrogen (secondary N) is 1. The summed E-state index contributed by atoms with van der Waals surface area (Å²) in [6.45, 7) is 0. The highest BCUT2D eigenvalue weighted by Gasteiger charge is 2.24. The third-order valence-electron chi connectivity index (χ3n) is 6.18. The first-order valence-electron chi connectivity index (χ1n) is 11.3. The molecule has 168 valence electrons. The van der Waals surface area contributed by atoms with E-state index in [1.54, 1.807) is 6.07 Å². The summed E-state index contributed by atoms with van der Waals surface area (Å²) in [6, 6.07) is 36.4. The Hall–Kier alpha value is -4.15. The number of ketones is 1. The van der Waals surface area contributed by atoms with Crippen LogP contribution in [0.3, 0.4) is 0 Å². The van der Waals surface area contributed by atoms with Crippen molar-refractivity contribution in [2.45, 2.75) is 9.79 Å². The van der Waals surface area contributed by atoms with Crippen LogP contribution in [0, 0.1) is 5.82 Å². The van der Waals surface area contributed by atoms with Gasteiger partial charge in [-0.15, -0.1) is 0 Å². The summed E-state index contributed by atoms with van der Waals surface area (Å²) < 4.78 is 14.8. The van der Waals surface area contributed by atoms with Crippen LogP contribution >= 0.6 is 11.8 Å². The molecule has 35 heavy (non-hydrogen) atoms. The second-order valence-electron chi connectivity index (χ2n) is 8.34. The van der Waals surface area contributed by atoms with Crippen molar-refractivity contribution in [1.82, 2.24) is 0 Å². The Morgan fingerprint density at radius 1 is 0.657 bits per heavy atom. The Bertz CT molecular complexity index is 1560. The highest BCUT2D eigenvalue weighted by Crippen LogP contribution is 2.49. The molecule has 0 bridgehead atoms. The molecule has 1 N–H and O–H groups in total. The summed E-state index contributed by atoms with van der Waals surface area (Å²) >= 11 is 1.41. The van der Waals surface area contributed by atoms with Crippen LogP contribution in [0.5, 0.6) is 0 Å². The van der Waals surface area contributed by atoms with E-state index in [1.807, 2.05) is 103 Å². The standard InChI is InChI=1S/C31H20FNOS/c32-26-19-18-24(29-31(26)35-28-13-7-6-12-27(28)33-29)23-10-4-5-11-25(23)30(34)22-16-14-21(15-17-22)20-8-2-1-3-9-20/h1-19,33H. The monoisotopic (exact) mass is 473 g/mol. The number of fused-ring (bicyclic) bond motifs is 2. The smallest absolute Gasteiger partial charge is 0.193 e. The molecule has 0 atom stereocenters. The van der Waals surface area contributed by atoms with Gasteiger partial charge in [-0.05, 0) is 41.0 Å². The molecule has 0 aliphatic carbocycles. The maximum absolute atomic E-state index is 14.8. The average Bonchev–Trinajstić information content (AvgIpc) is 2.93. The zero-order valence-corrected chi connectivity index (χ0v) is 19.5. The fraction of sp³-hybridized carbons (Fsp3) is 0. The number of para-hydroxylation sites is 1. The Kier molecular flexibility index (Phi) is 5.44. The van der Waals surface area contributed by atoms with Gasteiger partial charge in [0.15, 0.2) is 5.78 Å². The molecule has 0 amide bonds. The molecular weight excluding hydrogens is 453 g/mol. The van der Waals surface area contributed by atoms with E-state index in [4.69, 9.17) is 0 Å². The van der Waals surface area contributed by atoms with E-state index < -0.39 is 0 Å². The van der Waals surface area contributed by atoms with Crippen LogP contribution in [0.15, 0.2) is 125 Å². The molecule has 0 saturated heterocycles. The first kappa shape index (κ1) is 21.4. The lowest BCUT2D eigenvalue weighted by Crippen LogP contribution is -2.07. The number of rotatable bonds is 4. The summed E-state index contributed by atoms with van der Waals surface area (Å²) in [4.78, 5) is 15.1. The minimum absolute atomic E-state index is 0.0675. The average molecular weight is 474 g/mol. The van der Waals surface area contributed by atoms with Crippen LogP contribution in [-0.2, 0) is 0 Å². The Labute approximate surface area is 207 Å². The predicted molar refractivity (Wildman–Crippen MR) is 141 cm³/mol. The van der Waals surface area contributed by atoms with E-state index >= 15 is 0 Å². The Morgan fingerprint density at radius 2 is 1.34 bits per heavy atom. The molecule has 0 aromatic heterocycles. The molecule has 0 fully saturated rings. The molecule has 1 aliphatic rings. The summed E-state index contributed by atoms with van der Waals surface area (Å²) in [5, 5.41) is 3.41. The molecule has 1 aliphatic heterocycles. The minimum Gasteiger partial charge on any atom is -0.353 e. The summed E-state index contributed by atoms with van der Waals surface area (Å²) in [6.07, 6.45) is 0. The molecule has 0 saturated carbocycles. The number of halogens is 1. The maximum atomic E-state index is 14.8.